The van der Waals surface area contributed by atoms with Crippen molar-refractivity contribution in [2.75, 3.05) is 5.43 Å². The van der Waals surface area contributed by atoms with Gasteiger partial charge in [-0.05, 0) is 13.0 Å². The number of fused-ring (bicyclic) bond motifs is 1. The van der Waals surface area contributed by atoms with Crippen LogP contribution in [0.4, 0.5) is 11.4 Å². The molecule has 2 heterocycles. The highest BCUT2D eigenvalue weighted by Gasteiger charge is 2.05. The summed E-state index contributed by atoms with van der Waals surface area (Å²) in [5.41, 5.74) is 7.74. The van der Waals surface area contributed by atoms with Gasteiger partial charge in [0.25, 0.3) is 0 Å². The molecule has 0 fully saturated rings. The minimum atomic E-state index is 0. The van der Waals surface area contributed by atoms with Crippen molar-refractivity contribution in [2.24, 2.45) is 4.99 Å². The molecule has 72 valence electrons. The molecule has 1 aliphatic rings. The number of nitrogens with zero attached hydrogens (tertiary/aromatic N) is 2. The van der Waals surface area contributed by atoms with Crippen molar-refractivity contribution in [3.8, 4) is 0 Å². The van der Waals surface area contributed by atoms with E-state index in [9.17, 15) is 0 Å². The highest BCUT2D eigenvalue weighted by atomic mass is 35.5. The lowest BCUT2D eigenvalue weighted by atomic mass is 10.3. The molecule has 0 aromatic carbocycles. The molecule has 0 aliphatic carbocycles. The van der Waals surface area contributed by atoms with Crippen LogP contribution in [0.2, 0.25) is 0 Å². The van der Waals surface area contributed by atoms with E-state index in [2.05, 4.69) is 20.8 Å². The molecule has 1 aromatic heterocycles. The van der Waals surface area contributed by atoms with Gasteiger partial charge < -0.3 is 0 Å². The lowest BCUT2D eigenvalue weighted by Gasteiger charge is -2.15. The van der Waals surface area contributed by atoms with Gasteiger partial charge >= 0.3 is 0 Å². The van der Waals surface area contributed by atoms with Gasteiger partial charge in [-0.15, -0.1) is 24.8 Å². The van der Waals surface area contributed by atoms with E-state index in [-0.39, 0.29) is 24.8 Å². The summed E-state index contributed by atoms with van der Waals surface area (Å²) in [6.45, 7) is 1.89. The summed E-state index contributed by atoms with van der Waals surface area (Å²) >= 11 is 0. The van der Waals surface area contributed by atoms with Crippen molar-refractivity contribution in [1.29, 1.82) is 0 Å². The van der Waals surface area contributed by atoms with E-state index >= 15 is 0 Å². The molecule has 0 saturated carbocycles. The average molecular weight is 221 g/mol. The van der Waals surface area contributed by atoms with Crippen LogP contribution >= 0.6 is 24.8 Å². The van der Waals surface area contributed by atoms with Gasteiger partial charge in [0, 0.05) is 6.20 Å². The molecule has 4 nitrogen and oxygen atoms in total. The van der Waals surface area contributed by atoms with E-state index in [0.29, 0.717) is 0 Å². The summed E-state index contributed by atoms with van der Waals surface area (Å²) in [5, 5.41) is 0. The first-order chi connectivity index (χ1) is 5.36. The molecular formula is C7H10Cl2N4. The fourth-order valence-corrected chi connectivity index (χ4v) is 0.947. The molecule has 0 saturated heterocycles. The number of amidine groups is 1. The van der Waals surface area contributed by atoms with Gasteiger partial charge in [0.1, 0.15) is 11.5 Å². The zero-order valence-corrected chi connectivity index (χ0v) is 8.58. The molecule has 2 N–H and O–H groups in total. The Bertz CT molecular complexity index is 313. The fourth-order valence-electron chi connectivity index (χ4n) is 0.947. The van der Waals surface area contributed by atoms with Gasteiger partial charge in [-0.2, -0.15) is 0 Å². The maximum atomic E-state index is 4.23. The molecule has 13 heavy (non-hydrogen) atoms. The van der Waals surface area contributed by atoms with Crippen LogP contribution in [0.1, 0.15) is 6.92 Å². The summed E-state index contributed by atoms with van der Waals surface area (Å²) < 4.78 is 0. The third kappa shape index (κ3) is 2.47. The number of halogens is 2. The Morgan fingerprint density at radius 2 is 2.00 bits per heavy atom. The van der Waals surface area contributed by atoms with Crippen LogP contribution in [0.15, 0.2) is 23.5 Å². The minimum absolute atomic E-state index is 0. The second-order valence-corrected chi connectivity index (χ2v) is 2.34. The second kappa shape index (κ2) is 4.89. The van der Waals surface area contributed by atoms with E-state index in [1.165, 1.54) is 0 Å². The lowest BCUT2D eigenvalue weighted by Crippen LogP contribution is -2.29. The monoisotopic (exact) mass is 220 g/mol. The first-order valence-electron chi connectivity index (χ1n) is 3.37. The van der Waals surface area contributed by atoms with Crippen molar-refractivity contribution in [2.45, 2.75) is 6.92 Å². The van der Waals surface area contributed by atoms with Crippen LogP contribution in [-0.4, -0.2) is 10.8 Å². The van der Waals surface area contributed by atoms with E-state index in [1.54, 1.807) is 12.4 Å². The van der Waals surface area contributed by atoms with Crippen LogP contribution < -0.4 is 10.9 Å². The number of pyridine rings is 1. The van der Waals surface area contributed by atoms with Crippen LogP contribution in [0.3, 0.4) is 0 Å². The molecule has 0 amide bonds. The topological polar surface area (TPSA) is 49.3 Å². The predicted octanol–water partition coefficient (Wildman–Crippen LogP) is 1.91. The minimum Gasteiger partial charge on any atom is -0.298 e. The van der Waals surface area contributed by atoms with Crippen LogP contribution in [0.25, 0.3) is 0 Å². The first kappa shape index (κ1) is 12.0. The van der Waals surface area contributed by atoms with Crippen LogP contribution in [0, 0.1) is 0 Å². The number of rotatable bonds is 0. The number of aliphatic imine (C=N–C) groups is 1. The van der Waals surface area contributed by atoms with Gasteiger partial charge in [-0.3, -0.25) is 15.8 Å². The third-order valence-electron chi connectivity index (χ3n) is 1.47. The highest BCUT2D eigenvalue weighted by molar-refractivity contribution is 5.88. The summed E-state index contributed by atoms with van der Waals surface area (Å²) in [7, 11) is 0. The van der Waals surface area contributed by atoms with E-state index in [1.807, 2.05) is 13.0 Å². The normalized spacial score (nSPS) is 11.9. The number of hydrazine groups is 1. The highest BCUT2D eigenvalue weighted by Crippen LogP contribution is 2.23. The number of hydrogen-bond acceptors (Lipinski definition) is 4. The first-order valence-corrected chi connectivity index (χ1v) is 3.37. The van der Waals surface area contributed by atoms with Crippen molar-refractivity contribution >= 4 is 42.0 Å². The van der Waals surface area contributed by atoms with Gasteiger partial charge in [0.15, 0.2) is 0 Å². The van der Waals surface area contributed by atoms with E-state index in [4.69, 9.17) is 0 Å². The molecule has 6 heteroatoms. The summed E-state index contributed by atoms with van der Waals surface area (Å²) in [6.07, 6.45) is 3.45. The Labute approximate surface area is 88.6 Å². The molecule has 0 bridgehead atoms. The predicted molar refractivity (Wildman–Crippen MR) is 58.3 cm³/mol. The summed E-state index contributed by atoms with van der Waals surface area (Å²) in [6, 6.07) is 1.87. The van der Waals surface area contributed by atoms with Gasteiger partial charge in [-0.25, -0.2) is 4.99 Å². The zero-order chi connectivity index (χ0) is 7.68. The second-order valence-electron chi connectivity index (χ2n) is 2.34. The summed E-state index contributed by atoms with van der Waals surface area (Å²) in [5.74, 6) is 0.852. The maximum Gasteiger partial charge on any atom is 0.118 e. The molecule has 0 unspecified atom stereocenters. The quantitative estimate of drug-likeness (QED) is 0.703. The van der Waals surface area contributed by atoms with Gasteiger partial charge in [0.05, 0.1) is 11.9 Å². The Morgan fingerprint density at radius 3 is 2.77 bits per heavy atom. The molecule has 2 rings (SSSR count). The molecule has 1 aliphatic heterocycles. The maximum absolute atomic E-state index is 4.23. The number of nitrogens with one attached hydrogen (secondary N) is 2. The molecule has 1 aromatic rings. The number of hydrogen-bond donors (Lipinski definition) is 2. The van der Waals surface area contributed by atoms with Gasteiger partial charge in [-0.1, -0.05) is 0 Å². The standard InChI is InChI=1S/C7H8N4.2ClH/c1-5-9-7-4-8-3-2-6(7)11-10-5;;/h2-4,11H,1H3,(H,9,10);2*1H. The number of aromatic nitrogens is 1. The van der Waals surface area contributed by atoms with Crippen molar-refractivity contribution in [3.63, 3.8) is 0 Å². The SMILES string of the molecule is CC1=Nc2cnccc2NN1.Cl.Cl. The third-order valence-corrected chi connectivity index (χ3v) is 1.47. The molecule has 0 atom stereocenters. The van der Waals surface area contributed by atoms with Crippen LogP contribution in [0.5, 0.6) is 0 Å². The molecular weight excluding hydrogens is 211 g/mol. The number of anilines is 1. The van der Waals surface area contributed by atoms with E-state index < -0.39 is 0 Å². The Balaban J connectivity index is 0.000000720. The lowest BCUT2D eigenvalue weighted by molar-refractivity contribution is 1.07. The Kier molecular flexibility index (Phi) is 4.51. The van der Waals surface area contributed by atoms with Gasteiger partial charge in [0.2, 0.25) is 0 Å². The molecule has 0 spiro atoms. The van der Waals surface area contributed by atoms with E-state index in [0.717, 1.165) is 17.2 Å². The van der Waals surface area contributed by atoms with Crippen LogP contribution in [-0.2, 0) is 0 Å². The van der Waals surface area contributed by atoms with Crippen molar-refractivity contribution in [3.05, 3.63) is 18.5 Å². The Hall–Kier alpha value is -1.00. The largest absolute Gasteiger partial charge is 0.298 e. The Morgan fingerprint density at radius 1 is 1.23 bits per heavy atom. The smallest absolute Gasteiger partial charge is 0.118 e. The fraction of sp³-hybridized carbons (Fsp3) is 0.143. The zero-order valence-electron chi connectivity index (χ0n) is 6.94. The van der Waals surface area contributed by atoms with Crippen molar-refractivity contribution in [1.82, 2.24) is 10.4 Å². The molecule has 0 radical (unpaired) electrons. The summed E-state index contributed by atoms with van der Waals surface area (Å²) in [4.78, 5) is 8.18. The average Bonchev–Trinajstić information content (AvgIpc) is 2.04. The van der Waals surface area contributed by atoms with Crippen molar-refractivity contribution < 1.29 is 0 Å².